The molecule has 82 valence electrons. The summed E-state index contributed by atoms with van der Waals surface area (Å²) < 4.78 is 25.9. The van der Waals surface area contributed by atoms with Gasteiger partial charge in [-0.15, -0.1) is 0 Å². The zero-order valence-electron chi connectivity index (χ0n) is 7.93. The lowest BCUT2D eigenvalue weighted by Crippen LogP contribution is -2.40. The fourth-order valence-electron chi connectivity index (χ4n) is 1.34. The minimum atomic E-state index is -3.55. The van der Waals surface area contributed by atoms with E-state index in [0.29, 0.717) is 6.42 Å². The predicted octanol–water partition coefficient (Wildman–Crippen LogP) is -0.610. The molecule has 1 heterocycles. The van der Waals surface area contributed by atoms with Gasteiger partial charge in [0.15, 0.2) is 0 Å². The number of carboxylic acids is 1. The minimum Gasteiger partial charge on any atom is -0.480 e. The molecule has 0 aromatic carbocycles. The minimum absolute atomic E-state index is 0.0403. The third-order valence-electron chi connectivity index (χ3n) is 2.13. The van der Waals surface area contributed by atoms with Crippen LogP contribution in [0.3, 0.4) is 0 Å². The van der Waals surface area contributed by atoms with Gasteiger partial charge in [-0.05, 0) is 6.42 Å². The third-order valence-corrected chi connectivity index (χ3v) is 3.72. The summed E-state index contributed by atoms with van der Waals surface area (Å²) >= 11 is 0. The lowest BCUT2D eigenvalue weighted by Gasteiger charge is -2.17. The third kappa shape index (κ3) is 2.23. The number of hydrogen-bond donors (Lipinski definition) is 2. The van der Waals surface area contributed by atoms with Gasteiger partial charge in [-0.2, -0.15) is 17.4 Å². The summed E-state index contributed by atoms with van der Waals surface area (Å²) in [6, 6.07) is -0.952. The lowest BCUT2D eigenvalue weighted by atomic mass is 10.2. The van der Waals surface area contributed by atoms with Gasteiger partial charge in [0.05, 0.1) is 0 Å². The molecule has 0 spiro atoms. The maximum absolute atomic E-state index is 11.3. The van der Waals surface area contributed by atoms with Crippen molar-refractivity contribution in [3.8, 4) is 0 Å². The number of rotatable bonds is 4. The highest BCUT2D eigenvalue weighted by molar-refractivity contribution is 7.87. The van der Waals surface area contributed by atoms with Crippen LogP contribution < -0.4 is 4.72 Å². The lowest BCUT2D eigenvalue weighted by molar-refractivity contribution is -0.140. The van der Waals surface area contributed by atoms with Crippen molar-refractivity contribution in [2.24, 2.45) is 0 Å². The topological polar surface area (TPSA) is 86.7 Å². The Morgan fingerprint density at radius 2 is 2.29 bits per heavy atom. The van der Waals surface area contributed by atoms with E-state index in [9.17, 15) is 13.2 Å². The molecule has 0 bridgehead atoms. The molecular formula is C7H14N2O4S. The molecule has 1 unspecified atom stereocenters. The number of nitrogens with zero attached hydrogens (tertiary/aromatic N) is 1. The SMILES string of the molecule is CCCCN1C(C(=O)O)CNS1(=O)=O. The number of nitrogens with one attached hydrogen (secondary N) is 1. The Morgan fingerprint density at radius 3 is 2.79 bits per heavy atom. The van der Waals surface area contributed by atoms with Crippen molar-refractivity contribution in [2.75, 3.05) is 13.1 Å². The molecule has 6 nitrogen and oxygen atoms in total. The van der Waals surface area contributed by atoms with E-state index in [1.807, 2.05) is 6.92 Å². The van der Waals surface area contributed by atoms with Crippen LogP contribution in [0.2, 0.25) is 0 Å². The first-order chi connectivity index (χ1) is 6.49. The fraction of sp³-hybridized carbons (Fsp3) is 0.857. The summed E-state index contributed by atoms with van der Waals surface area (Å²) in [7, 11) is -3.55. The quantitative estimate of drug-likeness (QED) is 0.664. The van der Waals surface area contributed by atoms with Crippen molar-refractivity contribution in [3.63, 3.8) is 0 Å². The van der Waals surface area contributed by atoms with Crippen LogP contribution in [-0.4, -0.2) is 42.9 Å². The second-order valence-corrected chi connectivity index (χ2v) is 4.88. The van der Waals surface area contributed by atoms with Crippen LogP contribution in [-0.2, 0) is 15.0 Å². The molecule has 0 saturated carbocycles. The molecule has 1 saturated heterocycles. The molecule has 1 aliphatic heterocycles. The van der Waals surface area contributed by atoms with Gasteiger partial charge >= 0.3 is 5.97 Å². The highest BCUT2D eigenvalue weighted by Gasteiger charge is 2.40. The zero-order valence-corrected chi connectivity index (χ0v) is 8.75. The van der Waals surface area contributed by atoms with Crippen LogP contribution in [0, 0.1) is 0 Å². The van der Waals surface area contributed by atoms with Gasteiger partial charge in [0, 0.05) is 13.1 Å². The van der Waals surface area contributed by atoms with Crippen LogP contribution in [0.25, 0.3) is 0 Å². The Balaban J connectivity index is 2.76. The maximum atomic E-state index is 11.3. The van der Waals surface area contributed by atoms with Gasteiger partial charge in [0.25, 0.3) is 10.2 Å². The molecule has 0 radical (unpaired) electrons. The first kappa shape index (κ1) is 11.4. The van der Waals surface area contributed by atoms with Crippen LogP contribution in [0.5, 0.6) is 0 Å². The van der Waals surface area contributed by atoms with Crippen LogP contribution >= 0.6 is 0 Å². The Hall–Kier alpha value is -0.660. The van der Waals surface area contributed by atoms with Gasteiger partial charge in [0.2, 0.25) is 0 Å². The fourth-order valence-corrected chi connectivity index (χ4v) is 2.74. The van der Waals surface area contributed by atoms with Gasteiger partial charge < -0.3 is 5.11 Å². The van der Waals surface area contributed by atoms with E-state index < -0.39 is 22.2 Å². The number of carbonyl (C=O) groups is 1. The molecule has 1 atom stereocenters. The van der Waals surface area contributed by atoms with E-state index in [1.165, 1.54) is 0 Å². The molecule has 2 N–H and O–H groups in total. The summed E-state index contributed by atoms with van der Waals surface area (Å²) in [4.78, 5) is 10.7. The predicted molar refractivity (Wildman–Crippen MR) is 50.0 cm³/mol. The number of hydrogen-bond acceptors (Lipinski definition) is 3. The molecule has 7 heteroatoms. The first-order valence-electron chi connectivity index (χ1n) is 4.48. The monoisotopic (exact) mass is 222 g/mol. The van der Waals surface area contributed by atoms with E-state index in [2.05, 4.69) is 4.72 Å². The average molecular weight is 222 g/mol. The molecule has 1 rings (SSSR count). The molecule has 1 aliphatic rings. The Bertz CT molecular complexity index is 314. The smallest absolute Gasteiger partial charge is 0.323 e. The maximum Gasteiger partial charge on any atom is 0.323 e. The van der Waals surface area contributed by atoms with E-state index in [1.54, 1.807) is 0 Å². The van der Waals surface area contributed by atoms with E-state index in [0.717, 1.165) is 10.7 Å². The highest BCUT2D eigenvalue weighted by atomic mass is 32.2. The normalized spacial score (nSPS) is 26.5. The largest absolute Gasteiger partial charge is 0.480 e. The second-order valence-electron chi connectivity index (χ2n) is 3.17. The Kier molecular flexibility index (Phi) is 3.46. The molecule has 0 amide bonds. The summed E-state index contributed by atoms with van der Waals surface area (Å²) in [5, 5.41) is 8.77. The van der Waals surface area contributed by atoms with Crippen LogP contribution in [0.1, 0.15) is 19.8 Å². The van der Waals surface area contributed by atoms with Gasteiger partial charge in [-0.3, -0.25) is 4.79 Å². The van der Waals surface area contributed by atoms with Crippen LogP contribution in [0.4, 0.5) is 0 Å². The van der Waals surface area contributed by atoms with Crippen molar-refractivity contribution in [3.05, 3.63) is 0 Å². The van der Waals surface area contributed by atoms with Gasteiger partial charge in [0.1, 0.15) is 6.04 Å². The van der Waals surface area contributed by atoms with E-state index in [-0.39, 0.29) is 13.1 Å². The summed E-state index contributed by atoms with van der Waals surface area (Å²) in [5.74, 6) is -1.10. The first-order valence-corrected chi connectivity index (χ1v) is 5.92. The number of aliphatic carboxylic acids is 1. The molecule has 14 heavy (non-hydrogen) atoms. The van der Waals surface area contributed by atoms with Gasteiger partial charge in [-0.1, -0.05) is 13.3 Å². The van der Waals surface area contributed by atoms with Crippen molar-refractivity contribution < 1.29 is 18.3 Å². The molecule has 0 aliphatic carbocycles. The van der Waals surface area contributed by atoms with Gasteiger partial charge in [-0.25, -0.2) is 0 Å². The Labute approximate surface area is 83.1 Å². The molecule has 1 fully saturated rings. The van der Waals surface area contributed by atoms with Crippen molar-refractivity contribution in [1.29, 1.82) is 0 Å². The summed E-state index contributed by atoms with van der Waals surface area (Å²) in [6.07, 6.45) is 1.50. The standard InChI is InChI=1S/C7H14N2O4S/c1-2-3-4-9-6(7(10)11)5-8-14(9,12)13/h6,8H,2-5H2,1H3,(H,10,11). The molecule has 0 aromatic heterocycles. The summed E-state index contributed by atoms with van der Waals surface area (Å²) in [6.45, 7) is 2.15. The Morgan fingerprint density at radius 1 is 1.64 bits per heavy atom. The molecular weight excluding hydrogens is 208 g/mol. The van der Waals surface area contributed by atoms with Crippen molar-refractivity contribution in [2.45, 2.75) is 25.8 Å². The van der Waals surface area contributed by atoms with E-state index in [4.69, 9.17) is 5.11 Å². The number of carboxylic acid groups (broad SMARTS) is 1. The highest BCUT2D eigenvalue weighted by Crippen LogP contribution is 2.13. The van der Waals surface area contributed by atoms with Crippen LogP contribution in [0.15, 0.2) is 0 Å². The zero-order chi connectivity index (χ0) is 10.8. The van der Waals surface area contributed by atoms with Crippen molar-refractivity contribution in [1.82, 2.24) is 9.03 Å². The van der Waals surface area contributed by atoms with E-state index >= 15 is 0 Å². The van der Waals surface area contributed by atoms with Crippen molar-refractivity contribution >= 4 is 16.2 Å². The molecule has 0 aromatic rings. The second kappa shape index (κ2) is 4.24. The number of unbranched alkanes of at least 4 members (excludes halogenated alkanes) is 1. The average Bonchev–Trinajstić information content (AvgIpc) is 2.38. The summed E-state index contributed by atoms with van der Waals surface area (Å²) in [5.41, 5.74) is 0.